The second-order valence-electron chi connectivity index (χ2n) is 19.0. The van der Waals surface area contributed by atoms with Gasteiger partial charge in [-0.2, -0.15) is 0 Å². The average molecular weight is 923 g/mol. The van der Waals surface area contributed by atoms with Crippen molar-refractivity contribution in [1.82, 2.24) is 30.7 Å². The molecule has 0 spiro atoms. The number of carboxylic acid groups (broad SMARTS) is 1. The minimum absolute atomic E-state index is 0.0144. The van der Waals surface area contributed by atoms with Crippen molar-refractivity contribution in [2.24, 2.45) is 17.8 Å². The van der Waals surface area contributed by atoms with Gasteiger partial charge in [-0.1, -0.05) is 76.8 Å². The number of aliphatic carboxylic acids is 1. The summed E-state index contributed by atoms with van der Waals surface area (Å²) in [6, 6.07) is 5.95. The summed E-state index contributed by atoms with van der Waals surface area (Å²) in [6.45, 7) is 9.19. The number of carbonyl (C=O) groups is 8. The van der Waals surface area contributed by atoms with Crippen molar-refractivity contribution in [2.75, 3.05) is 34.4 Å². The average Bonchev–Trinajstić information content (AvgIpc) is 3.90. The monoisotopic (exact) mass is 923 g/mol. The van der Waals surface area contributed by atoms with E-state index in [9.17, 15) is 43.5 Å². The number of rotatable bonds is 25. The zero-order valence-corrected chi connectivity index (χ0v) is 40.2. The molecule has 2 fully saturated rings. The third-order valence-corrected chi connectivity index (χ3v) is 13.5. The fourth-order valence-corrected chi connectivity index (χ4v) is 9.67. The molecule has 7 atom stereocenters. The Bertz CT molecular complexity index is 1870. The highest BCUT2D eigenvalue weighted by molar-refractivity contribution is 6.12. The van der Waals surface area contributed by atoms with Crippen LogP contribution >= 0.6 is 0 Å². The normalized spacial score (nSPS) is 19.5. The molecule has 0 aromatic heterocycles. The molecular weight excluding hydrogens is 849 g/mol. The lowest BCUT2D eigenvalue weighted by Crippen LogP contribution is -2.62. The SMILES string of the molecule is CO[C@H]([C@@H](C)C(=O)N[C@@H](Cc1ccccc1)C(=O)O)[C@@H]1CCCN1C(=O)C[C@@H](OC)[C@H](C1CCCCC1)N(C)C(=O)[C@@H](NC(=O)C(C)(C)NC(=O)CCCCCN1C(=O)C=CC1=O)C(C)C. The molecule has 7 amide bonds. The van der Waals surface area contributed by atoms with Crippen molar-refractivity contribution < 1.29 is 52.9 Å². The molecule has 4 rings (SSSR count). The van der Waals surface area contributed by atoms with Crippen molar-refractivity contribution in [2.45, 2.75) is 160 Å². The van der Waals surface area contributed by atoms with Gasteiger partial charge in [0, 0.05) is 59.4 Å². The van der Waals surface area contributed by atoms with E-state index in [1.54, 1.807) is 49.8 Å². The standard InChI is InChI=1S/C49H74N6O11/c1-31(2)42(51-48(64)49(4,5)52-38(56)24-16-11-17-27-55-39(57)25-26-40(55)58)46(61)53(6)43(34-21-14-10-15-22-34)37(65-7)30-41(59)54-28-18-23-36(54)44(66-8)32(3)45(60)50-35(47(62)63)29-33-19-12-9-13-20-33/h9,12-13,19-20,25-26,31-32,34-37,42-44H,10-11,14-18,21-24,27-30H2,1-8H3,(H,50,60)(H,51,64)(H,52,56)(H,62,63)/t32-,35+,36+,37-,42+,43+,44-/m1/s1. The quantitative estimate of drug-likeness (QED) is 0.0817. The Balaban J connectivity index is 1.42. The lowest BCUT2D eigenvalue weighted by molar-refractivity contribution is -0.149. The molecule has 1 saturated carbocycles. The van der Waals surface area contributed by atoms with Gasteiger partial charge in [0.1, 0.15) is 17.6 Å². The van der Waals surface area contributed by atoms with Gasteiger partial charge in [0.2, 0.25) is 29.5 Å². The number of unbranched alkanes of at least 4 members (excludes halogenated alkanes) is 2. The summed E-state index contributed by atoms with van der Waals surface area (Å²) in [7, 11) is 4.71. The number of ether oxygens (including phenoxy) is 2. The number of amides is 7. The van der Waals surface area contributed by atoms with Crippen molar-refractivity contribution in [3.05, 3.63) is 48.0 Å². The molecule has 366 valence electrons. The van der Waals surface area contributed by atoms with Crippen LogP contribution in [0.25, 0.3) is 0 Å². The topological polar surface area (TPSA) is 221 Å². The van der Waals surface area contributed by atoms with Crippen molar-refractivity contribution in [1.29, 1.82) is 0 Å². The maximum atomic E-state index is 14.6. The maximum Gasteiger partial charge on any atom is 0.326 e. The highest BCUT2D eigenvalue weighted by atomic mass is 16.5. The fraction of sp³-hybridized carbons (Fsp3) is 0.673. The molecule has 1 aromatic carbocycles. The molecule has 1 aliphatic carbocycles. The van der Waals surface area contributed by atoms with Gasteiger partial charge in [-0.3, -0.25) is 38.5 Å². The number of likely N-dealkylation sites (tertiary alicyclic amines) is 1. The summed E-state index contributed by atoms with van der Waals surface area (Å²) in [5, 5.41) is 18.3. The lowest BCUT2D eigenvalue weighted by Gasteiger charge is -2.43. The maximum absolute atomic E-state index is 14.6. The van der Waals surface area contributed by atoms with E-state index in [-0.39, 0.29) is 67.2 Å². The third-order valence-electron chi connectivity index (χ3n) is 13.5. The fourth-order valence-electron chi connectivity index (χ4n) is 9.67. The van der Waals surface area contributed by atoms with E-state index < -0.39 is 65.6 Å². The Hall–Kier alpha value is -5.16. The summed E-state index contributed by atoms with van der Waals surface area (Å²) in [4.78, 5) is 110. The molecule has 17 nitrogen and oxygen atoms in total. The largest absolute Gasteiger partial charge is 0.480 e. The summed E-state index contributed by atoms with van der Waals surface area (Å²) in [6.07, 6.45) is 8.73. The number of benzene rings is 1. The van der Waals surface area contributed by atoms with E-state index in [1.165, 1.54) is 26.4 Å². The van der Waals surface area contributed by atoms with Crippen LogP contribution in [0.15, 0.2) is 42.5 Å². The second kappa shape index (κ2) is 25.1. The molecular formula is C49H74N6O11. The van der Waals surface area contributed by atoms with Crippen molar-refractivity contribution in [3.63, 3.8) is 0 Å². The molecule has 0 bridgehead atoms. The first-order valence-electron chi connectivity index (χ1n) is 23.7. The summed E-state index contributed by atoms with van der Waals surface area (Å²) in [5.41, 5.74) is -0.596. The van der Waals surface area contributed by atoms with Crippen molar-refractivity contribution in [3.8, 4) is 0 Å². The van der Waals surface area contributed by atoms with E-state index in [0.717, 1.165) is 42.6 Å². The number of hydrogen-bond donors (Lipinski definition) is 4. The van der Waals surface area contributed by atoms with Gasteiger partial charge in [0.15, 0.2) is 0 Å². The molecule has 17 heteroatoms. The van der Waals surface area contributed by atoms with Gasteiger partial charge in [-0.05, 0) is 69.8 Å². The van der Waals surface area contributed by atoms with Crippen LogP contribution in [0.1, 0.15) is 117 Å². The van der Waals surface area contributed by atoms with Gasteiger partial charge < -0.3 is 40.3 Å². The second-order valence-corrected chi connectivity index (χ2v) is 19.0. The Labute approximate surface area is 390 Å². The molecule has 66 heavy (non-hydrogen) atoms. The predicted molar refractivity (Wildman–Crippen MR) is 246 cm³/mol. The number of carbonyl (C=O) groups excluding carboxylic acids is 7. The molecule has 1 aromatic rings. The van der Waals surface area contributed by atoms with Crippen LogP contribution in [0.4, 0.5) is 0 Å². The van der Waals surface area contributed by atoms with Crippen LogP contribution in [0.3, 0.4) is 0 Å². The lowest BCUT2D eigenvalue weighted by atomic mass is 9.80. The first-order valence-corrected chi connectivity index (χ1v) is 23.7. The van der Waals surface area contributed by atoms with E-state index in [0.29, 0.717) is 38.6 Å². The van der Waals surface area contributed by atoms with Gasteiger partial charge in [0.05, 0.1) is 36.6 Å². The Morgan fingerprint density at radius 3 is 2.11 bits per heavy atom. The van der Waals surface area contributed by atoms with Crippen LogP contribution in [0.2, 0.25) is 0 Å². The molecule has 0 unspecified atom stereocenters. The summed E-state index contributed by atoms with van der Waals surface area (Å²) >= 11 is 0. The van der Waals surface area contributed by atoms with Gasteiger partial charge in [0.25, 0.3) is 11.8 Å². The van der Waals surface area contributed by atoms with E-state index in [2.05, 4.69) is 16.0 Å². The molecule has 2 aliphatic heterocycles. The number of hydrogen-bond acceptors (Lipinski definition) is 10. The number of nitrogens with one attached hydrogen (secondary N) is 3. The van der Waals surface area contributed by atoms with Crippen LogP contribution in [-0.4, -0.2) is 143 Å². The minimum atomic E-state index is -1.36. The minimum Gasteiger partial charge on any atom is -0.480 e. The highest BCUT2D eigenvalue weighted by Gasteiger charge is 2.45. The molecule has 1 saturated heterocycles. The van der Waals surface area contributed by atoms with Crippen molar-refractivity contribution >= 4 is 47.3 Å². The predicted octanol–water partition coefficient (Wildman–Crippen LogP) is 3.77. The van der Waals surface area contributed by atoms with Gasteiger partial charge in [-0.25, -0.2) is 4.79 Å². The number of imide groups is 1. The van der Waals surface area contributed by atoms with Crippen LogP contribution < -0.4 is 16.0 Å². The Kier molecular flexibility index (Phi) is 20.3. The number of methoxy groups -OCH3 is 2. The zero-order chi connectivity index (χ0) is 48.7. The highest BCUT2D eigenvalue weighted by Crippen LogP contribution is 2.34. The van der Waals surface area contributed by atoms with Crippen LogP contribution in [0.5, 0.6) is 0 Å². The summed E-state index contributed by atoms with van der Waals surface area (Å²) in [5.74, 6) is -4.90. The number of nitrogens with zero attached hydrogens (tertiary/aromatic N) is 3. The van der Waals surface area contributed by atoms with Gasteiger partial charge in [-0.15, -0.1) is 0 Å². The number of likely N-dealkylation sites (N-methyl/N-ethyl adjacent to an activating group) is 1. The smallest absolute Gasteiger partial charge is 0.326 e. The number of carboxylic acids is 1. The summed E-state index contributed by atoms with van der Waals surface area (Å²) < 4.78 is 12.0. The first kappa shape index (κ1) is 53.5. The zero-order valence-electron chi connectivity index (χ0n) is 40.2. The third kappa shape index (κ3) is 14.4. The van der Waals surface area contributed by atoms with Crippen LogP contribution in [0, 0.1) is 17.8 Å². The first-order chi connectivity index (χ1) is 31.3. The molecule has 0 radical (unpaired) electrons. The van der Waals surface area contributed by atoms with Gasteiger partial charge >= 0.3 is 5.97 Å². The molecule has 3 aliphatic rings. The Morgan fingerprint density at radius 2 is 1.52 bits per heavy atom. The molecule has 2 heterocycles. The van der Waals surface area contributed by atoms with E-state index in [4.69, 9.17) is 9.47 Å². The van der Waals surface area contributed by atoms with E-state index >= 15 is 0 Å². The Morgan fingerprint density at radius 1 is 0.864 bits per heavy atom. The van der Waals surface area contributed by atoms with E-state index in [1.807, 2.05) is 32.0 Å². The van der Waals surface area contributed by atoms with Crippen LogP contribution in [-0.2, 0) is 54.3 Å². The molecule has 4 N–H and O–H groups in total.